The number of amides is 2. The van der Waals surface area contributed by atoms with Gasteiger partial charge in [0.15, 0.2) is 0 Å². The van der Waals surface area contributed by atoms with Crippen molar-refractivity contribution in [1.29, 1.82) is 0 Å². The molecule has 0 spiro atoms. The van der Waals surface area contributed by atoms with Crippen molar-refractivity contribution in [3.8, 4) is 0 Å². The molecule has 3 aromatic rings. The highest BCUT2D eigenvalue weighted by Crippen LogP contribution is 2.29. The number of hydrogen-bond acceptors (Lipinski definition) is 6. The zero-order valence-corrected chi connectivity index (χ0v) is 21.8. The molecule has 38 heavy (non-hydrogen) atoms. The molecular formula is C29H31N5O4. The van der Waals surface area contributed by atoms with E-state index in [1.54, 1.807) is 30.6 Å². The van der Waals surface area contributed by atoms with Crippen LogP contribution >= 0.6 is 0 Å². The van der Waals surface area contributed by atoms with Gasteiger partial charge in [-0.2, -0.15) is 0 Å². The van der Waals surface area contributed by atoms with Gasteiger partial charge < -0.3 is 10.2 Å². The second-order valence-corrected chi connectivity index (χ2v) is 10.4. The zero-order valence-electron chi connectivity index (χ0n) is 21.8. The smallest absolute Gasteiger partial charge is 0.276 e. The van der Waals surface area contributed by atoms with E-state index in [0.29, 0.717) is 36.0 Å². The van der Waals surface area contributed by atoms with Crippen molar-refractivity contribution >= 4 is 29.3 Å². The summed E-state index contributed by atoms with van der Waals surface area (Å²) in [5.41, 5.74) is 3.20. The summed E-state index contributed by atoms with van der Waals surface area (Å²) in [4.78, 5) is 46.5. The van der Waals surface area contributed by atoms with Gasteiger partial charge in [0, 0.05) is 42.5 Å². The lowest BCUT2D eigenvalue weighted by molar-refractivity contribution is -0.385. The van der Waals surface area contributed by atoms with Crippen LogP contribution < -0.4 is 5.32 Å². The first kappa shape index (κ1) is 26.7. The van der Waals surface area contributed by atoms with Gasteiger partial charge in [0.2, 0.25) is 5.91 Å². The molecule has 0 aliphatic carbocycles. The van der Waals surface area contributed by atoms with E-state index in [1.165, 1.54) is 18.2 Å². The SMILES string of the molecule is CC(C)(C)c1cnc(C(=O)N2CCC(c3ccc(NC(=O)/C=C/c4ccccc4[N+](=O)[O-])cc3)CC2)cn1. The minimum atomic E-state index is -0.477. The van der Waals surface area contributed by atoms with Crippen LogP contribution in [0.2, 0.25) is 0 Å². The molecule has 0 radical (unpaired) electrons. The quantitative estimate of drug-likeness (QED) is 0.269. The lowest BCUT2D eigenvalue weighted by Gasteiger charge is -2.32. The number of piperidine rings is 1. The number of carbonyl (C=O) groups is 2. The van der Waals surface area contributed by atoms with E-state index in [9.17, 15) is 19.7 Å². The first-order valence-corrected chi connectivity index (χ1v) is 12.6. The monoisotopic (exact) mass is 513 g/mol. The molecule has 0 atom stereocenters. The van der Waals surface area contributed by atoms with Crippen LogP contribution in [0, 0.1) is 10.1 Å². The Balaban J connectivity index is 1.30. The maximum Gasteiger partial charge on any atom is 0.276 e. The molecule has 0 unspecified atom stereocenters. The van der Waals surface area contributed by atoms with Crippen LogP contribution in [0.3, 0.4) is 0 Å². The molecule has 1 aliphatic heterocycles. The van der Waals surface area contributed by atoms with Crippen LogP contribution in [0.1, 0.15) is 66.8 Å². The number of para-hydroxylation sites is 1. The third-order valence-corrected chi connectivity index (χ3v) is 6.62. The number of nitrogens with one attached hydrogen (secondary N) is 1. The van der Waals surface area contributed by atoms with Gasteiger partial charge in [-0.1, -0.05) is 45.0 Å². The predicted octanol–water partition coefficient (Wildman–Crippen LogP) is 5.35. The maximum absolute atomic E-state index is 12.9. The summed E-state index contributed by atoms with van der Waals surface area (Å²) in [5.74, 6) is -0.151. The molecule has 1 aliphatic rings. The van der Waals surface area contributed by atoms with Crippen molar-refractivity contribution in [2.75, 3.05) is 18.4 Å². The zero-order chi connectivity index (χ0) is 27.3. The summed E-state index contributed by atoms with van der Waals surface area (Å²) >= 11 is 0. The molecule has 4 rings (SSSR count). The van der Waals surface area contributed by atoms with E-state index in [4.69, 9.17) is 0 Å². The summed E-state index contributed by atoms with van der Waals surface area (Å²) in [7, 11) is 0. The molecule has 1 N–H and O–H groups in total. The van der Waals surface area contributed by atoms with Crippen LogP contribution in [-0.2, 0) is 10.2 Å². The van der Waals surface area contributed by atoms with E-state index >= 15 is 0 Å². The fourth-order valence-corrected chi connectivity index (χ4v) is 4.39. The highest BCUT2D eigenvalue weighted by molar-refractivity contribution is 6.02. The molecule has 2 aromatic carbocycles. The Hall–Kier alpha value is -4.40. The Labute approximate surface area is 221 Å². The van der Waals surface area contributed by atoms with Crippen molar-refractivity contribution < 1.29 is 14.5 Å². The van der Waals surface area contributed by atoms with E-state index in [-0.39, 0.29) is 22.9 Å². The van der Waals surface area contributed by atoms with Gasteiger partial charge in [0.05, 0.1) is 22.4 Å². The topological polar surface area (TPSA) is 118 Å². The van der Waals surface area contributed by atoms with E-state index in [0.717, 1.165) is 24.1 Å². The van der Waals surface area contributed by atoms with Gasteiger partial charge in [-0.05, 0) is 48.6 Å². The van der Waals surface area contributed by atoms with Gasteiger partial charge in [-0.3, -0.25) is 24.7 Å². The summed E-state index contributed by atoms with van der Waals surface area (Å²) in [6.45, 7) is 7.45. The van der Waals surface area contributed by atoms with Crippen LogP contribution in [0.15, 0.2) is 67.0 Å². The number of nitro benzene ring substituents is 1. The molecule has 9 nitrogen and oxygen atoms in total. The average molecular weight is 514 g/mol. The lowest BCUT2D eigenvalue weighted by Crippen LogP contribution is -2.38. The van der Waals surface area contributed by atoms with Crippen molar-refractivity contribution in [2.24, 2.45) is 0 Å². The lowest BCUT2D eigenvalue weighted by atomic mass is 9.89. The fraction of sp³-hybridized carbons (Fsp3) is 0.310. The third-order valence-electron chi connectivity index (χ3n) is 6.62. The number of rotatable bonds is 6. The van der Waals surface area contributed by atoms with Crippen LogP contribution in [0.4, 0.5) is 11.4 Å². The van der Waals surface area contributed by atoms with Crippen molar-refractivity contribution in [3.05, 3.63) is 99.6 Å². The first-order chi connectivity index (χ1) is 18.1. The highest BCUT2D eigenvalue weighted by atomic mass is 16.6. The molecule has 196 valence electrons. The van der Waals surface area contributed by atoms with Crippen molar-refractivity contribution in [3.63, 3.8) is 0 Å². The minimum absolute atomic E-state index is 0.0555. The Bertz CT molecular complexity index is 1340. The number of anilines is 1. The second-order valence-electron chi connectivity index (χ2n) is 10.4. The van der Waals surface area contributed by atoms with Gasteiger partial charge in [0.25, 0.3) is 11.6 Å². The standard InChI is InChI=1S/C29H31N5O4/c1-29(2,3)26-19-30-24(18-31-26)28(36)33-16-14-21(15-17-33)20-8-11-23(12-9-20)32-27(35)13-10-22-6-4-5-7-25(22)34(37)38/h4-13,18-19,21H,14-17H2,1-3H3,(H,32,35)/b13-10+. The molecule has 1 aromatic heterocycles. The summed E-state index contributed by atoms with van der Waals surface area (Å²) in [6, 6.07) is 13.9. The number of hydrogen-bond donors (Lipinski definition) is 1. The van der Waals surface area contributed by atoms with E-state index in [1.807, 2.05) is 29.2 Å². The Kier molecular flexibility index (Phi) is 7.95. The molecule has 0 saturated carbocycles. The van der Waals surface area contributed by atoms with E-state index in [2.05, 4.69) is 36.1 Å². The largest absolute Gasteiger partial charge is 0.337 e. The van der Waals surface area contributed by atoms with Crippen molar-refractivity contribution in [1.82, 2.24) is 14.9 Å². The van der Waals surface area contributed by atoms with Gasteiger partial charge >= 0.3 is 0 Å². The normalized spacial score (nSPS) is 14.4. The average Bonchev–Trinajstić information content (AvgIpc) is 2.92. The first-order valence-electron chi connectivity index (χ1n) is 12.6. The molecule has 9 heteroatoms. The Morgan fingerprint density at radius 3 is 2.32 bits per heavy atom. The number of likely N-dealkylation sites (tertiary alicyclic amines) is 1. The summed E-state index contributed by atoms with van der Waals surface area (Å²) < 4.78 is 0. The minimum Gasteiger partial charge on any atom is -0.337 e. The molecule has 0 bridgehead atoms. The van der Waals surface area contributed by atoms with Gasteiger partial charge in [-0.25, -0.2) is 4.98 Å². The molecular weight excluding hydrogens is 482 g/mol. The van der Waals surface area contributed by atoms with Crippen LogP contribution in [0.5, 0.6) is 0 Å². The maximum atomic E-state index is 12.9. The highest BCUT2D eigenvalue weighted by Gasteiger charge is 2.26. The third kappa shape index (κ3) is 6.47. The van der Waals surface area contributed by atoms with Crippen molar-refractivity contribution in [2.45, 2.75) is 44.9 Å². The number of benzene rings is 2. The number of nitrogens with zero attached hydrogens (tertiary/aromatic N) is 4. The fourth-order valence-electron chi connectivity index (χ4n) is 4.39. The molecule has 1 saturated heterocycles. The number of nitro groups is 1. The molecule has 1 fully saturated rings. The summed E-state index contributed by atoms with van der Waals surface area (Å²) in [6.07, 6.45) is 7.64. The number of carbonyl (C=O) groups excluding carboxylic acids is 2. The molecule has 2 heterocycles. The van der Waals surface area contributed by atoms with Gasteiger partial charge in [-0.15, -0.1) is 0 Å². The predicted molar refractivity (Wildman–Crippen MR) is 146 cm³/mol. The Morgan fingerprint density at radius 1 is 1.03 bits per heavy atom. The summed E-state index contributed by atoms with van der Waals surface area (Å²) in [5, 5.41) is 13.9. The molecule has 2 amide bonds. The second kappa shape index (κ2) is 11.3. The van der Waals surface area contributed by atoms with Crippen LogP contribution in [0.25, 0.3) is 6.08 Å². The van der Waals surface area contributed by atoms with Gasteiger partial charge in [0.1, 0.15) is 5.69 Å². The van der Waals surface area contributed by atoms with Crippen LogP contribution in [-0.4, -0.2) is 44.7 Å². The number of aromatic nitrogens is 2. The Morgan fingerprint density at radius 2 is 1.71 bits per heavy atom. The van der Waals surface area contributed by atoms with E-state index < -0.39 is 4.92 Å².